The van der Waals surface area contributed by atoms with Crippen molar-refractivity contribution in [1.82, 2.24) is 14.9 Å². The van der Waals surface area contributed by atoms with Crippen molar-refractivity contribution in [3.63, 3.8) is 0 Å². The van der Waals surface area contributed by atoms with Crippen molar-refractivity contribution < 1.29 is 28.2 Å². The number of pyridine rings is 2. The monoisotopic (exact) mass is 531 g/mol. The summed E-state index contributed by atoms with van der Waals surface area (Å²) >= 11 is 4.77. The average molecular weight is 532 g/mol. The van der Waals surface area contributed by atoms with Gasteiger partial charge in [-0.3, -0.25) is 14.6 Å². The molecule has 0 spiro atoms. The molecule has 1 aliphatic rings. The molecule has 2 amide bonds. The number of rotatable bonds is 8. The summed E-state index contributed by atoms with van der Waals surface area (Å²) in [5, 5.41) is 15.9. The largest absolute Gasteiger partial charge is 0.487 e. The fraction of sp³-hybridized carbons (Fsp3) is 0.280. The highest BCUT2D eigenvalue weighted by Gasteiger charge is 2.28. The quantitative estimate of drug-likeness (QED) is 0.370. The molecule has 1 aliphatic heterocycles. The number of aliphatic hydroxyl groups is 1. The van der Waals surface area contributed by atoms with Crippen LogP contribution in [-0.2, 0) is 6.54 Å². The fourth-order valence-electron chi connectivity index (χ4n) is 3.65. The molecule has 0 radical (unpaired) electrons. The highest BCUT2D eigenvalue weighted by atomic mass is 35.5. The number of benzene rings is 1. The highest BCUT2D eigenvalue weighted by Crippen LogP contribution is 2.31. The highest BCUT2D eigenvalue weighted by molar-refractivity contribution is 6.20. The van der Waals surface area contributed by atoms with Crippen LogP contribution < -0.4 is 15.4 Å². The number of amides is 2. The lowest BCUT2D eigenvalue weighted by atomic mass is 10.0. The number of halogens is 3. The summed E-state index contributed by atoms with van der Waals surface area (Å²) in [5.74, 6) is -0.447. The number of nitrogens with one attached hydrogen (secondary N) is 2. The van der Waals surface area contributed by atoms with Crippen LogP contribution in [0.4, 0.5) is 20.3 Å². The van der Waals surface area contributed by atoms with Gasteiger partial charge in [0.25, 0.3) is 11.8 Å². The minimum Gasteiger partial charge on any atom is -0.420 e. The Morgan fingerprint density at radius 2 is 1.86 bits per heavy atom. The minimum atomic E-state index is -3.85. The number of carbonyl (C=O) groups is 2. The molecule has 4 rings (SSSR count). The van der Waals surface area contributed by atoms with Gasteiger partial charge in [-0.25, -0.2) is 4.98 Å². The molecule has 3 aromatic rings. The summed E-state index contributed by atoms with van der Waals surface area (Å²) in [6.45, 7) is 3.86. The molecule has 37 heavy (non-hydrogen) atoms. The van der Waals surface area contributed by atoms with E-state index in [2.05, 4.69) is 25.3 Å². The van der Waals surface area contributed by atoms with E-state index >= 15 is 0 Å². The SMILES string of the molecule is CN1Cc2ncc(-c3cc(C(=O)Nc4ccc(OC(F)(F)Cl)cc4)cnc3NCC(C)(C)O)cc2C1=O. The lowest BCUT2D eigenvalue weighted by molar-refractivity contribution is -0.0964. The molecule has 0 fully saturated rings. The second kappa shape index (κ2) is 9.91. The molecule has 0 aliphatic carbocycles. The fourth-order valence-corrected chi connectivity index (χ4v) is 3.74. The summed E-state index contributed by atoms with van der Waals surface area (Å²) in [5.41, 5.74) is -2.17. The molecular formula is C25H24ClF2N5O4. The summed E-state index contributed by atoms with van der Waals surface area (Å²) in [4.78, 5) is 35.8. The molecule has 0 saturated carbocycles. The molecular weight excluding hydrogens is 508 g/mol. The maximum absolute atomic E-state index is 13.0. The number of alkyl halides is 3. The number of aromatic nitrogens is 2. The maximum atomic E-state index is 13.0. The Labute approximate surface area is 216 Å². The van der Waals surface area contributed by atoms with Crippen LogP contribution in [0.3, 0.4) is 0 Å². The van der Waals surface area contributed by atoms with Gasteiger partial charge in [0.05, 0.1) is 29.0 Å². The van der Waals surface area contributed by atoms with Gasteiger partial charge < -0.3 is 25.4 Å². The molecule has 3 N–H and O–H groups in total. The Morgan fingerprint density at radius 1 is 1.16 bits per heavy atom. The van der Waals surface area contributed by atoms with Gasteiger partial charge >= 0.3 is 5.57 Å². The Morgan fingerprint density at radius 3 is 2.51 bits per heavy atom. The maximum Gasteiger partial charge on any atom is 0.487 e. The zero-order valence-corrected chi connectivity index (χ0v) is 20.9. The van der Waals surface area contributed by atoms with Crippen LogP contribution in [0.1, 0.15) is 40.3 Å². The third-order valence-electron chi connectivity index (χ3n) is 5.43. The molecule has 194 valence electrons. The molecule has 9 nitrogen and oxygen atoms in total. The van der Waals surface area contributed by atoms with Gasteiger partial charge in [-0.2, -0.15) is 0 Å². The predicted molar refractivity (Wildman–Crippen MR) is 134 cm³/mol. The van der Waals surface area contributed by atoms with Crippen molar-refractivity contribution in [2.24, 2.45) is 0 Å². The molecule has 2 aromatic heterocycles. The number of carbonyl (C=O) groups excluding carboxylic acids is 2. The molecule has 12 heteroatoms. The second-order valence-electron chi connectivity index (χ2n) is 9.19. The predicted octanol–water partition coefficient (Wildman–Crippen LogP) is 4.33. The number of hydrogen-bond acceptors (Lipinski definition) is 7. The van der Waals surface area contributed by atoms with Gasteiger partial charge in [-0.1, -0.05) is 0 Å². The van der Waals surface area contributed by atoms with Crippen LogP contribution in [-0.4, -0.2) is 56.6 Å². The van der Waals surface area contributed by atoms with Gasteiger partial charge in [0.1, 0.15) is 11.6 Å². The summed E-state index contributed by atoms with van der Waals surface area (Å²) in [7, 11) is 1.69. The van der Waals surface area contributed by atoms with E-state index in [1.807, 2.05) is 0 Å². The van der Waals surface area contributed by atoms with Crippen LogP contribution in [0.15, 0.2) is 48.8 Å². The van der Waals surface area contributed by atoms with E-state index in [0.29, 0.717) is 40.4 Å². The van der Waals surface area contributed by atoms with Crippen LogP contribution in [0.2, 0.25) is 0 Å². The molecule has 0 atom stereocenters. The Kier molecular flexibility index (Phi) is 7.03. The Hall–Kier alpha value is -3.83. The lowest BCUT2D eigenvalue weighted by Gasteiger charge is -2.20. The zero-order chi connectivity index (χ0) is 27.0. The topological polar surface area (TPSA) is 117 Å². The second-order valence-corrected chi connectivity index (χ2v) is 9.63. The molecule has 0 bridgehead atoms. The Bertz CT molecular complexity index is 1340. The number of anilines is 2. The minimum absolute atomic E-state index is 0.156. The normalized spacial score (nSPS) is 13.4. The van der Waals surface area contributed by atoms with E-state index in [1.54, 1.807) is 44.1 Å². The number of nitrogens with zero attached hydrogens (tertiary/aromatic N) is 3. The van der Waals surface area contributed by atoms with E-state index in [-0.39, 0.29) is 23.8 Å². The van der Waals surface area contributed by atoms with Crippen LogP contribution in [0.5, 0.6) is 5.75 Å². The van der Waals surface area contributed by atoms with E-state index < -0.39 is 17.1 Å². The Balaban J connectivity index is 1.63. The molecule has 0 unspecified atom stereocenters. The smallest absolute Gasteiger partial charge is 0.420 e. The third kappa shape index (κ3) is 6.49. The summed E-state index contributed by atoms with van der Waals surface area (Å²) < 4.78 is 29.9. The van der Waals surface area contributed by atoms with Crippen LogP contribution in [0, 0.1) is 0 Å². The molecule has 1 aromatic carbocycles. The van der Waals surface area contributed by atoms with E-state index in [4.69, 9.17) is 11.6 Å². The van der Waals surface area contributed by atoms with Crippen LogP contribution >= 0.6 is 11.6 Å². The van der Waals surface area contributed by atoms with Crippen LogP contribution in [0.25, 0.3) is 11.1 Å². The first-order valence-electron chi connectivity index (χ1n) is 11.2. The van der Waals surface area contributed by atoms with Crippen molar-refractivity contribution in [1.29, 1.82) is 0 Å². The first-order valence-corrected chi connectivity index (χ1v) is 11.5. The van der Waals surface area contributed by atoms with Gasteiger partial charge in [-0.15, -0.1) is 8.78 Å². The van der Waals surface area contributed by atoms with Gasteiger partial charge in [0.15, 0.2) is 0 Å². The van der Waals surface area contributed by atoms with Crippen molar-refractivity contribution >= 4 is 34.9 Å². The standard InChI is InChI=1S/C25H24ClF2N5O4/c1-24(2,36)13-31-21-18(14-8-19-20(29-10-14)12-33(3)23(19)35)9-15(11-30-21)22(34)32-16-4-6-17(7-5-16)37-25(26,27)28/h4-11,36H,12-13H2,1-3H3,(H,30,31)(H,32,34). The first kappa shape index (κ1) is 26.2. The van der Waals surface area contributed by atoms with Crippen molar-refractivity contribution in [3.8, 4) is 16.9 Å². The lowest BCUT2D eigenvalue weighted by Crippen LogP contribution is -2.29. The summed E-state index contributed by atoms with van der Waals surface area (Å²) in [6, 6.07) is 8.54. The van der Waals surface area contributed by atoms with E-state index in [0.717, 1.165) is 0 Å². The van der Waals surface area contributed by atoms with Crippen molar-refractivity contribution in [2.75, 3.05) is 24.2 Å². The number of hydrogen-bond donors (Lipinski definition) is 3. The molecule has 3 heterocycles. The number of ether oxygens (including phenoxy) is 1. The van der Waals surface area contributed by atoms with E-state index in [1.165, 1.54) is 30.5 Å². The van der Waals surface area contributed by atoms with Gasteiger partial charge in [0, 0.05) is 54.4 Å². The first-order chi connectivity index (χ1) is 17.3. The zero-order valence-electron chi connectivity index (χ0n) is 20.2. The summed E-state index contributed by atoms with van der Waals surface area (Å²) in [6.07, 6.45) is 2.96. The third-order valence-corrected chi connectivity index (χ3v) is 5.51. The molecule has 0 saturated heterocycles. The average Bonchev–Trinajstić information content (AvgIpc) is 3.10. The van der Waals surface area contributed by atoms with Gasteiger partial charge in [-0.05, 0) is 50.2 Å². The van der Waals surface area contributed by atoms with E-state index in [9.17, 15) is 23.5 Å². The van der Waals surface area contributed by atoms with Crippen molar-refractivity contribution in [2.45, 2.75) is 31.6 Å². The van der Waals surface area contributed by atoms with Crippen molar-refractivity contribution in [3.05, 3.63) is 65.6 Å². The number of fused-ring (bicyclic) bond motifs is 1. The van der Waals surface area contributed by atoms with Gasteiger partial charge in [0.2, 0.25) is 0 Å².